The largest absolute Gasteiger partial charge is 0.351 e. The van der Waals surface area contributed by atoms with Crippen LogP contribution in [0.15, 0.2) is 72.1 Å². The van der Waals surface area contributed by atoms with Gasteiger partial charge in [-0.3, -0.25) is 14.9 Å². The van der Waals surface area contributed by atoms with Crippen LogP contribution in [-0.4, -0.2) is 26.1 Å². The number of nitrogens with zero attached hydrogens (tertiary/aromatic N) is 3. The number of nitro benzene ring substituents is 1. The molecule has 0 aliphatic carbocycles. The van der Waals surface area contributed by atoms with Crippen LogP contribution in [0.5, 0.6) is 0 Å². The summed E-state index contributed by atoms with van der Waals surface area (Å²) in [5, 5.41) is 13.6. The summed E-state index contributed by atoms with van der Waals surface area (Å²) in [7, 11) is 0. The summed E-state index contributed by atoms with van der Waals surface area (Å²) in [6, 6.07) is 14.1. The van der Waals surface area contributed by atoms with Gasteiger partial charge in [-0.25, -0.2) is 4.98 Å². The van der Waals surface area contributed by atoms with Crippen molar-refractivity contribution in [1.82, 2.24) is 14.9 Å². The minimum absolute atomic E-state index is 0.0401. The van der Waals surface area contributed by atoms with E-state index < -0.39 is 4.92 Å². The number of nitro groups is 1. The molecular formula is C19H18N4O3S. The molecule has 7 nitrogen and oxygen atoms in total. The van der Waals surface area contributed by atoms with E-state index >= 15 is 0 Å². The summed E-state index contributed by atoms with van der Waals surface area (Å²) in [6.07, 6.45) is 5.40. The third-order valence-corrected chi connectivity index (χ3v) is 4.94. The number of non-ortho nitro benzene ring substituents is 1. The van der Waals surface area contributed by atoms with Crippen molar-refractivity contribution < 1.29 is 9.72 Å². The second kappa shape index (κ2) is 9.00. The Balaban J connectivity index is 1.51. The highest BCUT2D eigenvalue weighted by molar-refractivity contribution is 8.00. The van der Waals surface area contributed by atoms with Crippen molar-refractivity contribution in [3.05, 3.63) is 88.5 Å². The lowest BCUT2D eigenvalue weighted by atomic mass is 10.1. The fourth-order valence-electron chi connectivity index (χ4n) is 2.52. The minimum Gasteiger partial charge on any atom is -0.351 e. The van der Waals surface area contributed by atoms with Crippen LogP contribution in [0.4, 0.5) is 5.69 Å². The normalized spacial score (nSPS) is 10.5. The van der Waals surface area contributed by atoms with Crippen LogP contribution in [0, 0.1) is 10.1 Å². The van der Waals surface area contributed by atoms with Crippen LogP contribution >= 0.6 is 11.8 Å². The van der Waals surface area contributed by atoms with Gasteiger partial charge in [0, 0.05) is 42.5 Å². The maximum atomic E-state index is 12.1. The number of carbonyl (C=O) groups is 1. The van der Waals surface area contributed by atoms with Gasteiger partial charge in [-0.05, 0) is 23.3 Å². The molecule has 0 atom stereocenters. The average molecular weight is 382 g/mol. The maximum absolute atomic E-state index is 12.1. The molecule has 0 saturated heterocycles. The van der Waals surface area contributed by atoms with Crippen molar-refractivity contribution in [3.8, 4) is 0 Å². The highest BCUT2D eigenvalue weighted by atomic mass is 32.2. The van der Waals surface area contributed by atoms with E-state index in [-0.39, 0.29) is 17.3 Å². The van der Waals surface area contributed by atoms with Crippen LogP contribution < -0.4 is 5.32 Å². The molecule has 0 radical (unpaired) electrons. The average Bonchev–Trinajstić information content (AvgIpc) is 3.19. The fourth-order valence-corrected chi connectivity index (χ4v) is 3.25. The Morgan fingerprint density at radius 1 is 1.15 bits per heavy atom. The van der Waals surface area contributed by atoms with Gasteiger partial charge in [0.05, 0.1) is 17.0 Å². The molecule has 0 bridgehead atoms. The molecule has 0 aliphatic rings. The Hall–Kier alpha value is -3.13. The highest BCUT2D eigenvalue weighted by Gasteiger charge is 2.08. The van der Waals surface area contributed by atoms with Crippen molar-refractivity contribution >= 4 is 23.4 Å². The van der Waals surface area contributed by atoms with Gasteiger partial charge in [-0.15, -0.1) is 11.8 Å². The Kier molecular flexibility index (Phi) is 6.22. The zero-order valence-corrected chi connectivity index (χ0v) is 15.3. The predicted molar refractivity (Wildman–Crippen MR) is 103 cm³/mol. The number of amides is 1. The third-order valence-electron chi connectivity index (χ3n) is 3.92. The Morgan fingerprint density at radius 2 is 1.89 bits per heavy atom. The van der Waals surface area contributed by atoms with Crippen LogP contribution in [0.25, 0.3) is 0 Å². The van der Waals surface area contributed by atoms with E-state index in [1.807, 2.05) is 35.0 Å². The monoisotopic (exact) mass is 382 g/mol. The molecule has 3 rings (SSSR count). The number of aromatic nitrogens is 2. The van der Waals surface area contributed by atoms with E-state index in [0.717, 1.165) is 16.0 Å². The van der Waals surface area contributed by atoms with Gasteiger partial charge >= 0.3 is 0 Å². The zero-order valence-electron chi connectivity index (χ0n) is 14.4. The van der Waals surface area contributed by atoms with Gasteiger partial charge in [0.2, 0.25) is 5.91 Å². The van der Waals surface area contributed by atoms with Crippen molar-refractivity contribution in [2.45, 2.75) is 18.0 Å². The number of hydrogen-bond donors (Lipinski definition) is 1. The number of carbonyl (C=O) groups excluding carboxylic acids is 1. The molecule has 1 N–H and O–H groups in total. The second-order valence-corrected chi connectivity index (χ2v) is 6.87. The van der Waals surface area contributed by atoms with Crippen molar-refractivity contribution in [2.24, 2.45) is 0 Å². The molecule has 1 heterocycles. The van der Waals surface area contributed by atoms with Crippen molar-refractivity contribution in [2.75, 3.05) is 5.75 Å². The van der Waals surface area contributed by atoms with Gasteiger partial charge in [0.25, 0.3) is 5.69 Å². The molecule has 2 aromatic carbocycles. The molecule has 0 unspecified atom stereocenters. The Labute approximate surface area is 160 Å². The quantitative estimate of drug-likeness (QED) is 0.367. The van der Waals surface area contributed by atoms with Gasteiger partial charge in [-0.1, -0.05) is 24.3 Å². The molecule has 27 heavy (non-hydrogen) atoms. The second-order valence-electron chi connectivity index (χ2n) is 5.82. The summed E-state index contributed by atoms with van der Waals surface area (Å²) in [4.78, 5) is 27.2. The van der Waals surface area contributed by atoms with E-state index in [9.17, 15) is 14.9 Å². The number of hydrogen-bond acceptors (Lipinski definition) is 5. The topological polar surface area (TPSA) is 90.1 Å². The molecule has 1 amide bonds. The molecule has 0 saturated carbocycles. The Morgan fingerprint density at radius 3 is 2.56 bits per heavy atom. The third kappa shape index (κ3) is 5.42. The van der Waals surface area contributed by atoms with Gasteiger partial charge < -0.3 is 9.88 Å². The lowest BCUT2D eigenvalue weighted by Gasteiger charge is -2.11. The molecular weight excluding hydrogens is 364 g/mol. The summed E-state index contributed by atoms with van der Waals surface area (Å²) < 4.78 is 1.98. The SMILES string of the molecule is O=C(CSc1ccc([N+](=O)[O-])cc1)NCc1ccccc1Cn1ccnc1. The standard InChI is InChI=1S/C19H18N4O3S/c24-19(13-27-18-7-5-17(6-8-18)23(25)26)21-11-15-3-1-2-4-16(15)12-22-10-9-20-14-22/h1-10,14H,11-13H2,(H,21,24). The van der Waals surface area contributed by atoms with E-state index in [2.05, 4.69) is 10.3 Å². The maximum Gasteiger partial charge on any atom is 0.269 e. The molecule has 0 fully saturated rings. The number of benzene rings is 2. The first kappa shape index (κ1) is 18.7. The molecule has 3 aromatic rings. The van der Waals surface area contributed by atoms with Gasteiger partial charge in [-0.2, -0.15) is 0 Å². The zero-order chi connectivity index (χ0) is 19.1. The number of thioether (sulfide) groups is 1. The summed E-state index contributed by atoms with van der Waals surface area (Å²) in [5.74, 6) is 0.164. The molecule has 1 aromatic heterocycles. The molecule has 0 spiro atoms. The van der Waals surface area contributed by atoms with E-state index in [4.69, 9.17) is 0 Å². The van der Waals surface area contributed by atoms with E-state index in [0.29, 0.717) is 13.1 Å². The van der Waals surface area contributed by atoms with E-state index in [1.54, 1.807) is 24.7 Å². The molecule has 138 valence electrons. The van der Waals surface area contributed by atoms with Crippen molar-refractivity contribution in [1.29, 1.82) is 0 Å². The molecule has 0 aliphatic heterocycles. The lowest BCUT2D eigenvalue weighted by Crippen LogP contribution is -2.25. The summed E-state index contributed by atoms with van der Waals surface area (Å²) >= 11 is 1.35. The summed E-state index contributed by atoms with van der Waals surface area (Å²) in [6.45, 7) is 1.15. The number of imidazole rings is 1. The lowest BCUT2D eigenvalue weighted by molar-refractivity contribution is -0.384. The predicted octanol–water partition coefficient (Wildman–Crippen LogP) is 3.25. The smallest absolute Gasteiger partial charge is 0.269 e. The van der Waals surface area contributed by atoms with Crippen LogP contribution in [0.1, 0.15) is 11.1 Å². The minimum atomic E-state index is -0.442. The van der Waals surface area contributed by atoms with E-state index in [1.165, 1.54) is 23.9 Å². The van der Waals surface area contributed by atoms with Gasteiger partial charge in [0.1, 0.15) is 0 Å². The van der Waals surface area contributed by atoms with Gasteiger partial charge in [0.15, 0.2) is 0 Å². The first-order valence-corrected chi connectivity index (χ1v) is 9.27. The first-order chi connectivity index (χ1) is 13.1. The molecule has 8 heteroatoms. The van der Waals surface area contributed by atoms with Crippen LogP contribution in [-0.2, 0) is 17.9 Å². The summed E-state index contributed by atoms with van der Waals surface area (Å²) in [5.41, 5.74) is 2.22. The van der Waals surface area contributed by atoms with Crippen molar-refractivity contribution in [3.63, 3.8) is 0 Å². The number of rotatable bonds is 8. The number of nitrogens with one attached hydrogen (secondary N) is 1. The van der Waals surface area contributed by atoms with Crippen LogP contribution in [0.2, 0.25) is 0 Å². The Bertz CT molecular complexity index is 911. The van der Waals surface area contributed by atoms with Crippen LogP contribution in [0.3, 0.4) is 0 Å². The fraction of sp³-hybridized carbons (Fsp3) is 0.158. The highest BCUT2D eigenvalue weighted by Crippen LogP contribution is 2.21. The first-order valence-electron chi connectivity index (χ1n) is 8.28.